The second-order valence-corrected chi connectivity index (χ2v) is 7.87. The van der Waals surface area contributed by atoms with Crippen molar-refractivity contribution in [3.63, 3.8) is 0 Å². The van der Waals surface area contributed by atoms with Gasteiger partial charge < -0.3 is 4.90 Å². The first-order valence-corrected chi connectivity index (χ1v) is 9.22. The Labute approximate surface area is 128 Å². The molecule has 1 aliphatic carbocycles. The van der Waals surface area contributed by atoms with Gasteiger partial charge in [-0.05, 0) is 50.6 Å². The van der Waals surface area contributed by atoms with Gasteiger partial charge in [0.15, 0.2) is 0 Å². The van der Waals surface area contributed by atoms with E-state index in [1.807, 2.05) is 31.1 Å². The Balaban J connectivity index is 2.00. The Bertz CT molecular complexity index is 532. The van der Waals surface area contributed by atoms with Gasteiger partial charge in [-0.15, -0.1) is 0 Å². The summed E-state index contributed by atoms with van der Waals surface area (Å²) in [7, 11) is 0.468. The molecule has 0 amide bonds. The zero-order valence-corrected chi connectivity index (χ0v) is 13.8. The first-order chi connectivity index (χ1) is 9.99. The lowest BCUT2D eigenvalue weighted by atomic mass is 9.84. The molecule has 1 saturated carbocycles. The number of rotatable bonds is 6. The summed E-state index contributed by atoms with van der Waals surface area (Å²) in [5, 5.41) is 0. The Morgan fingerprint density at radius 3 is 2.29 bits per heavy atom. The van der Waals surface area contributed by atoms with Crippen molar-refractivity contribution >= 4 is 10.0 Å². The first-order valence-electron chi connectivity index (χ1n) is 7.73. The molecule has 1 fully saturated rings. The highest BCUT2D eigenvalue weighted by Gasteiger charge is 2.17. The first kappa shape index (κ1) is 16.5. The fourth-order valence-corrected chi connectivity index (χ4v) is 3.86. The van der Waals surface area contributed by atoms with Crippen LogP contribution in [0.15, 0.2) is 29.2 Å². The molecule has 0 aromatic heterocycles. The summed E-state index contributed by atoms with van der Waals surface area (Å²) < 4.78 is 27.0. The third kappa shape index (κ3) is 4.80. The number of hydrogen-bond donors (Lipinski definition) is 1. The molecule has 5 heteroatoms. The lowest BCUT2D eigenvalue weighted by Gasteiger charge is -2.22. The predicted octanol–water partition coefficient (Wildman–Crippen LogP) is 2.57. The lowest BCUT2D eigenvalue weighted by molar-refractivity contribution is 0.412. The molecular weight excluding hydrogens is 284 g/mol. The maximum atomic E-state index is 12.2. The van der Waals surface area contributed by atoms with Crippen LogP contribution in [0.2, 0.25) is 0 Å². The van der Waals surface area contributed by atoms with Crippen LogP contribution in [-0.4, -0.2) is 40.5 Å². The van der Waals surface area contributed by atoms with Gasteiger partial charge in [0.05, 0.1) is 4.90 Å². The van der Waals surface area contributed by atoms with E-state index in [1.54, 1.807) is 12.1 Å². The van der Waals surface area contributed by atoms with Gasteiger partial charge in [-0.2, -0.15) is 0 Å². The molecule has 0 saturated heterocycles. The Morgan fingerprint density at radius 2 is 1.71 bits per heavy atom. The Kier molecular flexibility index (Phi) is 5.79. The SMILES string of the molecule is CN(C)CCNS(=O)(=O)c1ccc(C2CCCCC2)cc1. The van der Waals surface area contributed by atoms with Gasteiger partial charge in [-0.3, -0.25) is 0 Å². The largest absolute Gasteiger partial charge is 0.308 e. The zero-order valence-electron chi connectivity index (χ0n) is 13.0. The zero-order chi connectivity index (χ0) is 15.3. The smallest absolute Gasteiger partial charge is 0.240 e. The number of nitrogens with one attached hydrogen (secondary N) is 1. The molecule has 0 aliphatic heterocycles. The van der Waals surface area contributed by atoms with E-state index < -0.39 is 10.0 Å². The van der Waals surface area contributed by atoms with E-state index in [9.17, 15) is 8.42 Å². The second kappa shape index (κ2) is 7.38. The average molecular weight is 310 g/mol. The summed E-state index contributed by atoms with van der Waals surface area (Å²) in [6.07, 6.45) is 6.37. The van der Waals surface area contributed by atoms with Crippen LogP contribution >= 0.6 is 0 Å². The highest BCUT2D eigenvalue weighted by Crippen LogP contribution is 2.32. The van der Waals surface area contributed by atoms with E-state index >= 15 is 0 Å². The maximum Gasteiger partial charge on any atom is 0.240 e. The summed E-state index contributed by atoms with van der Waals surface area (Å²) in [4.78, 5) is 2.31. The van der Waals surface area contributed by atoms with Crippen LogP contribution in [0.3, 0.4) is 0 Å². The molecule has 0 spiro atoms. The van der Waals surface area contributed by atoms with Gasteiger partial charge in [-0.25, -0.2) is 13.1 Å². The van der Waals surface area contributed by atoms with Crippen LogP contribution in [0.4, 0.5) is 0 Å². The van der Waals surface area contributed by atoms with E-state index in [1.165, 1.54) is 37.7 Å². The number of sulfonamides is 1. The second-order valence-electron chi connectivity index (χ2n) is 6.11. The maximum absolute atomic E-state index is 12.2. The highest BCUT2D eigenvalue weighted by molar-refractivity contribution is 7.89. The van der Waals surface area contributed by atoms with Gasteiger partial charge in [0, 0.05) is 13.1 Å². The van der Waals surface area contributed by atoms with Gasteiger partial charge in [-0.1, -0.05) is 31.4 Å². The number of likely N-dealkylation sites (N-methyl/N-ethyl adjacent to an activating group) is 1. The van der Waals surface area contributed by atoms with Crippen molar-refractivity contribution in [2.24, 2.45) is 0 Å². The van der Waals surface area contributed by atoms with Crippen LogP contribution in [0.1, 0.15) is 43.6 Å². The highest BCUT2D eigenvalue weighted by atomic mass is 32.2. The average Bonchev–Trinajstić information content (AvgIpc) is 2.48. The summed E-state index contributed by atoms with van der Waals surface area (Å²) in [6.45, 7) is 1.12. The molecular formula is C16H26N2O2S. The van der Waals surface area contributed by atoms with Crippen LogP contribution in [0.25, 0.3) is 0 Å². The van der Waals surface area contributed by atoms with Gasteiger partial charge in [0.25, 0.3) is 0 Å². The van der Waals surface area contributed by atoms with Crippen LogP contribution < -0.4 is 4.72 Å². The molecule has 21 heavy (non-hydrogen) atoms. The molecule has 4 nitrogen and oxygen atoms in total. The fraction of sp³-hybridized carbons (Fsp3) is 0.625. The molecule has 0 heterocycles. The van der Waals surface area contributed by atoms with Crippen molar-refractivity contribution < 1.29 is 8.42 Å². The third-order valence-electron chi connectivity index (χ3n) is 4.12. The minimum Gasteiger partial charge on any atom is -0.308 e. The van der Waals surface area contributed by atoms with E-state index in [0.29, 0.717) is 23.9 Å². The number of nitrogens with zero attached hydrogens (tertiary/aromatic N) is 1. The summed E-state index contributed by atoms with van der Waals surface area (Å²) in [6, 6.07) is 7.44. The molecule has 1 aromatic rings. The normalized spacial score (nSPS) is 17.3. The molecule has 0 radical (unpaired) electrons. The van der Waals surface area contributed by atoms with Crippen molar-refractivity contribution in [3.05, 3.63) is 29.8 Å². The molecule has 0 atom stereocenters. The standard InChI is InChI=1S/C16H26N2O2S/c1-18(2)13-12-17-21(19,20)16-10-8-15(9-11-16)14-6-4-3-5-7-14/h8-11,14,17H,3-7,12-13H2,1-2H3. The van der Waals surface area contributed by atoms with E-state index in [0.717, 1.165) is 0 Å². The number of hydrogen-bond acceptors (Lipinski definition) is 3. The van der Waals surface area contributed by atoms with Crippen molar-refractivity contribution in [3.8, 4) is 0 Å². The lowest BCUT2D eigenvalue weighted by Crippen LogP contribution is -2.31. The van der Waals surface area contributed by atoms with Crippen molar-refractivity contribution in [2.75, 3.05) is 27.2 Å². The minimum atomic E-state index is -3.38. The van der Waals surface area contributed by atoms with Crippen LogP contribution in [0, 0.1) is 0 Å². The van der Waals surface area contributed by atoms with Gasteiger partial charge >= 0.3 is 0 Å². The summed E-state index contributed by atoms with van der Waals surface area (Å²) in [5.74, 6) is 0.609. The molecule has 118 valence electrons. The van der Waals surface area contributed by atoms with Crippen molar-refractivity contribution in [1.82, 2.24) is 9.62 Å². The Morgan fingerprint density at radius 1 is 1.10 bits per heavy atom. The molecule has 0 unspecified atom stereocenters. The number of benzene rings is 1. The molecule has 1 aromatic carbocycles. The molecule has 1 aliphatic rings. The quantitative estimate of drug-likeness (QED) is 0.878. The summed E-state index contributed by atoms with van der Waals surface area (Å²) in [5.41, 5.74) is 1.28. The van der Waals surface area contributed by atoms with Crippen molar-refractivity contribution in [2.45, 2.75) is 42.9 Å². The van der Waals surface area contributed by atoms with E-state index in [-0.39, 0.29) is 0 Å². The molecule has 2 rings (SSSR count). The fourth-order valence-electron chi connectivity index (χ4n) is 2.84. The monoisotopic (exact) mass is 310 g/mol. The Hall–Kier alpha value is -0.910. The van der Waals surface area contributed by atoms with Gasteiger partial charge in [0.1, 0.15) is 0 Å². The molecule has 1 N–H and O–H groups in total. The van der Waals surface area contributed by atoms with Crippen LogP contribution in [0.5, 0.6) is 0 Å². The topological polar surface area (TPSA) is 49.4 Å². The third-order valence-corrected chi connectivity index (χ3v) is 5.60. The van der Waals surface area contributed by atoms with Gasteiger partial charge in [0.2, 0.25) is 10.0 Å². The predicted molar refractivity (Wildman–Crippen MR) is 86.0 cm³/mol. The summed E-state index contributed by atoms with van der Waals surface area (Å²) >= 11 is 0. The van der Waals surface area contributed by atoms with Crippen molar-refractivity contribution in [1.29, 1.82) is 0 Å². The minimum absolute atomic E-state index is 0.362. The van der Waals surface area contributed by atoms with E-state index in [2.05, 4.69) is 4.72 Å². The van der Waals surface area contributed by atoms with Crippen LogP contribution in [-0.2, 0) is 10.0 Å². The van der Waals surface area contributed by atoms with E-state index in [4.69, 9.17) is 0 Å². The molecule has 0 bridgehead atoms.